The monoisotopic (exact) mass is 342 g/mol. The lowest BCUT2D eigenvalue weighted by atomic mass is 10.1. The molecule has 4 nitrogen and oxygen atoms in total. The minimum Gasteiger partial charge on any atom is -0.496 e. The van der Waals surface area contributed by atoms with Gasteiger partial charge in [0.15, 0.2) is 0 Å². The van der Waals surface area contributed by atoms with Crippen molar-refractivity contribution in [1.29, 1.82) is 5.26 Å². The van der Waals surface area contributed by atoms with Crippen molar-refractivity contribution in [2.75, 3.05) is 7.11 Å². The van der Waals surface area contributed by atoms with Gasteiger partial charge in [0.2, 0.25) is 0 Å². The molecule has 3 rings (SSSR count). The van der Waals surface area contributed by atoms with E-state index in [2.05, 4.69) is 11.1 Å². The van der Waals surface area contributed by atoms with Crippen LogP contribution in [0.4, 0.5) is 0 Å². The predicted molar refractivity (Wildman–Crippen MR) is 91.3 cm³/mol. The third kappa shape index (κ3) is 3.29. The van der Waals surface area contributed by atoms with Gasteiger partial charge in [-0.15, -0.1) is 11.3 Å². The molecule has 1 aromatic carbocycles. The molecule has 6 heteroatoms. The number of furan rings is 1. The van der Waals surface area contributed by atoms with Crippen LogP contribution in [-0.4, -0.2) is 12.1 Å². The summed E-state index contributed by atoms with van der Waals surface area (Å²) in [6, 6.07) is 11.0. The number of thiazole rings is 1. The summed E-state index contributed by atoms with van der Waals surface area (Å²) in [5.74, 6) is 1.29. The first-order valence-electron chi connectivity index (χ1n) is 6.66. The molecule has 0 saturated carbocycles. The highest BCUT2D eigenvalue weighted by Gasteiger charge is 2.13. The van der Waals surface area contributed by atoms with E-state index in [9.17, 15) is 5.26 Å². The van der Waals surface area contributed by atoms with Gasteiger partial charge in [-0.2, -0.15) is 5.26 Å². The van der Waals surface area contributed by atoms with E-state index in [4.69, 9.17) is 20.8 Å². The maximum absolute atomic E-state index is 9.36. The SMILES string of the molecule is COc1ccc(Cl)cc1-c1csc(/C(C#N)=C/c2ccco2)n1. The quantitative estimate of drug-likeness (QED) is 0.617. The van der Waals surface area contributed by atoms with Crippen LogP contribution in [0, 0.1) is 11.3 Å². The van der Waals surface area contributed by atoms with Gasteiger partial charge in [-0.3, -0.25) is 0 Å². The minimum atomic E-state index is 0.442. The average molecular weight is 343 g/mol. The van der Waals surface area contributed by atoms with Crippen molar-refractivity contribution in [3.63, 3.8) is 0 Å². The number of hydrogen-bond acceptors (Lipinski definition) is 5. The van der Waals surface area contributed by atoms with Gasteiger partial charge in [-0.05, 0) is 30.3 Å². The number of halogens is 1. The molecule has 0 aliphatic carbocycles. The van der Waals surface area contributed by atoms with Crippen LogP contribution < -0.4 is 4.74 Å². The van der Waals surface area contributed by atoms with Gasteiger partial charge in [0.1, 0.15) is 22.6 Å². The molecule has 0 unspecified atom stereocenters. The summed E-state index contributed by atoms with van der Waals surface area (Å²) in [5, 5.41) is 12.4. The van der Waals surface area contributed by atoms with E-state index in [1.807, 2.05) is 5.38 Å². The Labute approximate surface area is 142 Å². The van der Waals surface area contributed by atoms with E-state index in [1.54, 1.807) is 49.8 Å². The van der Waals surface area contributed by atoms with E-state index >= 15 is 0 Å². The van der Waals surface area contributed by atoms with Crippen molar-refractivity contribution in [2.45, 2.75) is 0 Å². The molecule has 0 N–H and O–H groups in total. The Morgan fingerprint density at radius 2 is 2.30 bits per heavy atom. The smallest absolute Gasteiger partial charge is 0.134 e. The zero-order valence-electron chi connectivity index (χ0n) is 12.1. The molecular weight excluding hydrogens is 332 g/mol. The van der Waals surface area contributed by atoms with Crippen LogP contribution >= 0.6 is 22.9 Å². The normalized spacial score (nSPS) is 11.3. The van der Waals surface area contributed by atoms with Crippen molar-refractivity contribution in [1.82, 2.24) is 4.98 Å². The van der Waals surface area contributed by atoms with Crippen LogP contribution in [0.15, 0.2) is 46.4 Å². The molecule has 0 aliphatic heterocycles. The number of nitrogens with zero attached hydrogens (tertiary/aromatic N) is 2. The molecule has 0 atom stereocenters. The lowest BCUT2D eigenvalue weighted by Crippen LogP contribution is -1.88. The largest absolute Gasteiger partial charge is 0.496 e. The predicted octanol–water partition coefficient (Wildman–Crippen LogP) is 5.13. The number of rotatable bonds is 4. The zero-order chi connectivity index (χ0) is 16.2. The molecule has 3 aromatic rings. The Hall–Kier alpha value is -2.55. The summed E-state index contributed by atoms with van der Waals surface area (Å²) in [4.78, 5) is 4.53. The van der Waals surface area contributed by atoms with E-state index < -0.39 is 0 Å². The number of ether oxygens (including phenoxy) is 1. The van der Waals surface area contributed by atoms with Crippen LogP contribution in [0.2, 0.25) is 5.02 Å². The average Bonchev–Trinajstić information content (AvgIpc) is 3.24. The fourth-order valence-corrected chi connectivity index (χ4v) is 3.02. The highest BCUT2D eigenvalue weighted by Crippen LogP contribution is 2.34. The van der Waals surface area contributed by atoms with Crippen molar-refractivity contribution in [3.05, 3.63) is 57.8 Å². The van der Waals surface area contributed by atoms with Gasteiger partial charge in [0, 0.05) is 22.0 Å². The van der Waals surface area contributed by atoms with E-state index in [0.717, 1.165) is 5.56 Å². The van der Waals surface area contributed by atoms with Gasteiger partial charge < -0.3 is 9.15 Å². The summed E-state index contributed by atoms with van der Waals surface area (Å²) < 4.78 is 10.6. The number of aromatic nitrogens is 1. The van der Waals surface area contributed by atoms with Crippen LogP contribution in [-0.2, 0) is 0 Å². The molecule has 0 bridgehead atoms. The molecule has 0 fully saturated rings. The molecule has 0 aliphatic rings. The highest BCUT2D eigenvalue weighted by molar-refractivity contribution is 7.11. The van der Waals surface area contributed by atoms with Crippen LogP contribution in [0.5, 0.6) is 5.75 Å². The molecule has 0 saturated heterocycles. The Morgan fingerprint density at radius 1 is 1.43 bits per heavy atom. The fourth-order valence-electron chi connectivity index (χ4n) is 2.06. The summed E-state index contributed by atoms with van der Waals surface area (Å²) in [6.45, 7) is 0. The van der Waals surface area contributed by atoms with Crippen LogP contribution in [0.3, 0.4) is 0 Å². The Bertz CT molecular complexity index is 892. The van der Waals surface area contributed by atoms with Gasteiger partial charge in [0.05, 0.1) is 24.6 Å². The molecular formula is C17H11ClN2O2S. The lowest BCUT2D eigenvalue weighted by Gasteiger charge is -2.06. The number of hydrogen-bond donors (Lipinski definition) is 0. The number of methoxy groups -OCH3 is 1. The Balaban J connectivity index is 2.01. The maximum atomic E-state index is 9.36. The molecule has 0 amide bonds. The molecule has 0 spiro atoms. The third-order valence-electron chi connectivity index (χ3n) is 3.12. The second kappa shape index (κ2) is 6.69. The first kappa shape index (κ1) is 15.3. The Morgan fingerprint density at radius 3 is 3.00 bits per heavy atom. The van der Waals surface area contributed by atoms with Crippen molar-refractivity contribution in [3.8, 4) is 23.1 Å². The second-order valence-electron chi connectivity index (χ2n) is 4.57. The van der Waals surface area contributed by atoms with E-state index in [-0.39, 0.29) is 0 Å². The highest BCUT2D eigenvalue weighted by atomic mass is 35.5. The van der Waals surface area contributed by atoms with Gasteiger partial charge in [-0.1, -0.05) is 11.6 Å². The molecule has 23 heavy (non-hydrogen) atoms. The van der Waals surface area contributed by atoms with Crippen LogP contribution in [0.25, 0.3) is 22.9 Å². The number of nitriles is 1. The topological polar surface area (TPSA) is 59.0 Å². The lowest BCUT2D eigenvalue weighted by molar-refractivity contribution is 0.416. The minimum absolute atomic E-state index is 0.442. The first-order valence-corrected chi connectivity index (χ1v) is 7.92. The van der Waals surface area contributed by atoms with Gasteiger partial charge in [-0.25, -0.2) is 4.98 Å². The molecule has 114 valence electrons. The Kier molecular flexibility index (Phi) is 4.47. The third-order valence-corrected chi connectivity index (χ3v) is 4.23. The number of allylic oxidation sites excluding steroid dienone is 1. The van der Waals surface area contributed by atoms with Crippen molar-refractivity contribution < 1.29 is 9.15 Å². The van der Waals surface area contributed by atoms with Crippen molar-refractivity contribution >= 4 is 34.6 Å². The standard InChI is InChI=1S/C17H11ClN2O2S/c1-21-16-5-4-12(18)8-14(16)15-10-23-17(20-15)11(9-19)7-13-3-2-6-22-13/h2-8,10H,1H3/b11-7+. The zero-order valence-corrected chi connectivity index (χ0v) is 13.7. The summed E-state index contributed by atoms with van der Waals surface area (Å²) in [5.41, 5.74) is 1.94. The van der Waals surface area contributed by atoms with Gasteiger partial charge >= 0.3 is 0 Å². The number of benzene rings is 1. The molecule has 0 radical (unpaired) electrons. The van der Waals surface area contributed by atoms with E-state index in [1.165, 1.54) is 11.3 Å². The fraction of sp³-hybridized carbons (Fsp3) is 0.0588. The second-order valence-corrected chi connectivity index (χ2v) is 5.86. The first-order chi connectivity index (χ1) is 11.2. The summed E-state index contributed by atoms with van der Waals surface area (Å²) in [6.07, 6.45) is 3.22. The molecule has 2 heterocycles. The van der Waals surface area contributed by atoms with Crippen molar-refractivity contribution in [2.24, 2.45) is 0 Å². The summed E-state index contributed by atoms with van der Waals surface area (Å²) in [7, 11) is 1.59. The maximum Gasteiger partial charge on any atom is 0.134 e. The van der Waals surface area contributed by atoms with E-state index in [0.29, 0.717) is 32.8 Å². The van der Waals surface area contributed by atoms with Crippen LogP contribution in [0.1, 0.15) is 10.8 Å². The van der Waals surface area contributed by atoms with Gasteiger partial charge in [0.25, 0.3) is 0 Å². The summed E-state index contributed by atoms with van der Waals surface area (Å²) >= 11 is 7.44. The molecule has 2 aromatic heterocycles.